The van der Waals surface area contributed by atoms with Crippen molar-refractivity contribution in [2.24, 2.45) is 0 Å². The highest BCUT2D eigenvalue weighted by molar-refractivity contribution is 7.98. The molecule has 116 valence electrons. The van der Waals surface area contributed by atoms with E-state index in [9.17, 15) is 4.79 Å². The Morgan fingerprint density at radius 3 is 2.57 bits per heavy atom. The molecule has 0 unspecified atom stereocenters. The number of carbonyl (C=O) groups excluding carboxylic acids is 1. The fourth-order valence-electron chi connectivity index (χ4n) is 1.72. The number of esters is 1. The first kappa shape index (κ1) is 17.8. The highest BCUT2D eigenvalue weighted by atomic mass is 32.2. The topological polar surface area (TPSA) is 50.4 Å². The van der Waals surface area contributed by atoms with Crippen molar-refractivity contribution in [1.82, 2.24) is 5.32 Å². The molecule has 4 nitrogen and oxygen atoms in total. The van der Waals surface area contributed by atoms with Gasteiger partial charge in [0.05, 0.1) is 7.11 Å². The number of thioether (sulfide) groups is 1. The van der Waals surface area contributed by atoms with Crippen LogP contribution in [0.15, 0.2) is 29.2 Å². The molecule has 21 heavy (non-hydrogen) atoms. The third kappa shape index (κ3) is 7.92. The summed E-state index contributed by atoms with van der Waals surface area (Å²) in [5.74, 6) is -0.145. The summed E-state index contributed by atoms with van der Waals surface area (Å²) in [7, 11) is 1.42. The number of nitrogens with one attached hydrogen (secondary N) is 2. The Balaban J connectivity index is 2.12. The van der Waals surface area contributed by atoms with Crippen LogP contribution in [0, 0.1) is 0 Å². The number of ether oxygens (including phenoxy) is 1. The van der Waals surface area contributed by atoms with Crippen LogP contribution in [-0.2, 0) is 9.53 Å². The number of anilines is 1. The number of hydrogen-bond acceptors (Lipinski definition) is 4. The van der Waals surface area contributed by atoms with Crippen LogP contribution in [0.3, 0.4) is 0 Å². The van der Waals surface area contributed by atoms with Gasteiger partial charge in [-0.25, -0.2) is 0 Å². The van der Waals surface area contributed by atoms with Gasteiger partial charge in [-0.15, -0.1) is 11.8 Å². The molecular weight excluding hydrogens is 304 g/mol. The highest BCUT2D eigenvalue weighted by Gasteiger charge is 2.00. The van der Waals surface area contributed by atoms with Gasteiger partial charge >= 0.3 is 5.97 Å². The minimum atomic E-state index is -0.145. The van der Waals surface area contributed by atoms with Crippen LogP contribution in [0.2, 0.25) is 0 Å². The minimum absolute atomic E-state index is 0.145. The van der Waals surface area contributed by atoms with Gasteiger partial charge in [-0.1, -0.05) is 6.42 Å². The van der Waals surface area contributed by atoms with Crippen LogP contribution in [0.1, 0.15) is 25.7 Å². The number of rotatable bonds is 8. The molecule has 0 atom stereocenters. The third-order valence-electron chi connectivity index (χ3n) is 2.92. The van der Waals surface area contributed by atoms with Crippen molar-refractivity contribution in [1.29, 1.82) is 0 Å². The molecular formula is C15H22N2O2S2. The van der Waals surface area contributed by atoms with Crippen molar-refractivity contribution >= 4 is 40.7 Å². The van der Waals surface area contributed by atoms with Gasteiger partial charge in [0, 0.05) is 23.5 Å². The molecule has 0 amide bonds. The smallest absolute Gasteiger partial charge is 0.305 e. The van der Waals surface area contributed by atoms with E-state index < -0.39 is 0 Å². The Bertz CT molecular complexity index is 449. The zero-order valence-electron chi connectivity index (χ0n) is 12.5. The second-order valence-corrected chi connectivity index (χ2v) is 5.78. The molecule has 0 aliphatic heterocycles. The second kappa shape index (κ2) is 10.5. The molecule has 0 aromatic heterocycles. The fourth-order valence-corrected chi connectivity index (χ4v) is 2.35. The molecule has 0 aliphatic rings. The maximum absolute atomic E-state index is 10.9. The highest BCUT2D eigenvalue weighted by Crippen LogP contribution is 2.17. The number of benzene rings is 1. The predicted octanol–water partition coefficient (Wildman–Crippen LogP) is 3.43. The van der Waals surface area contributed by atoms with Crippen molar-refractivity contribution in [3.8, 4) is 0 Å². The molecule has 0 saturated heterocycles. The molecule has 2 N–H and O–H groups in total. The number of hydrogen-bond donors (Lipinski definition) is 2. The summed E-state index contributed by atoms with van der Waals surface area (Å²) < 4.78 is 4.59. The molecule has 0 radical (unpaired) electrons. The Labute approximate surface area is 136 Å². The third-order valence-corrected chi connectivity index (χ3v) is 3.91. The van der Waals surface area contributed by atoms with Gasteiger partial charge in [-0.3, -0.25) is 4.79 Å². The standard InChI is InChI=1S/C15H22N2O2S2/c1-19-14(18)6-4-3-5-11-16-15(20)17-12-7-9-13(21-2)10-8-12/h7-10H,3-6,11H2,1-2H3,(H2,16,17,20). The van der Waals surface area contributed by atoms with E-state index in [1.54, 1.807) is 11.8 Å². The van der Waals surface area contributed by atoms with Gasteiger partial charge in [-0.05, 0) is 55.6 Å². The van der Waals surface area contributed by atoms with E-state index in [1.165, 1.54) is 12.0 Å². The van der Waals surface area contributed by atoms with Gasteiger partial charge < -0.3 is 15.4 Å². The SMILES string of the molecule is COC(=O)CCCCCNC(=S)Nc1ccc(SC)cc1. The number of thiocarbonyl (C=S) groups is 1. The van der Waals surface area contributed by atoms with Crippen LogP contribution in [-0.4, -0.2) is 31.0 Å². The van der Waals surface area contributed by atoms with Crippen molar-refractivity contribution in [3.05, 3.63) is 24.3 Å². The van der Waals surface area contributed by atoms with E-state index in [2.05, 4.69) is 33.8 Å². The van der Waals surface area contributed by atoms with Crippen LogP contribution >= 0.6 is 24.0 Å². The largest absolute Gasteiger partial charge is 0.469 e. The van der Waals surface area contributed by atoms with Crippen LogP contribution < -0.4 is 10.6 Å². The molecule has 0 spiro atoms. The van der Waals surface area contributed by atoms with E-state index in [0.717, 1.165) is 31.5 Å². The van der Waals surface area contributed by atoms with Crippen molar-refractivity contribution in [3.63, 3.8) is 0 Å². The van der Waals surface area contributed by atoms with Gasteiger partial charge in [0.15, 0.2) is 5.11 Å². The van der Waals surface area contributed by atoms with Gasteiger partial charge in [0.25, 0.3) is 0 Å². The molecule has 0 aliphatic carbocycles. The van der Waals surface area contributed by atoms with Crippen LogP contribution in [0.5, 0.6) is 0 Å². The lowest BCUT2D eigenvalue weighted by molar-refractivity contribution is -0.140. The summed E-state index contributed by atoms with van der Waals surface area (Å²) in [5, 5.41) is 6.93. The van der Waals surface area contributed by atoms with E-state index >= 15 is 0 Å². The first-order chi connectivity index (χ1) is 10.2. The van der Waals surface area contributed by atoms with Crippen LogP contribution in [0.25, 0.3) is 0 Å². The fraction of sp³-hybridized carbons (Fsp3) is 0.467. The van der Waals surface area contributed by atoms with Gasteiger partial charge in [0.1, 0.15) is 0 Å². The number of methoxy groups -OCH3 is 1. The maximum Gasteiger partial charge on any atom is 0.305 e. The average molecular weight is 326 g/mol. The summed E-state index contributed by atoms with van der Waals surface area (Å²) in [4.78, 5) is 12.2. The Hall–Kier alpha value is -1.27. The van der Waals surface area contributed by atoms with Gasteiger partial charge in [0.2, 0.25) is 0 Å². The lowest BCUT2D eigenvalue weighted by atomic mass is 10.2. The predicted molar refractivity (Wildman–Crippen MR) is 92.9 cm³/mol. The Kier molecular flexibility index (Phi) is 8.85. The summed E-state index contributed by atoms with van der Waals surface area (Å²) in [5.41, 5.74) is 0.982. The zero-order valence-corrected chi connectivity index (χ0v) is 14.1. The van der Waals surface area contributed by atoms with Crippen molar-refractivity contribution in [2.45, 2.75) is 30.6 Å². The summed E-state index contributed by atoms with van der Waals surface area (Å²) >= 11 is 6.95. The lowest BCUT2D eigenvalue weighted by Crippen LogP contribution is -2.29. The monoisotopic (exact) mass is 326 g/mol. The molecule has 1 rings (SSSR count). The van der Waals surface area contributed by atoms with E-state index in [-0.39, 0.29) is 5.97 Å². The molecule has 0 saturated carbocycles. The Morgan fingerprint density at radius 2 is 1.95 bits per heavy atom. The molecule has 0 heterocycles. The first-order valence-electron chi connectivity index (χ1n) is 6.91. The molecule has 6 heteroatoms. The van der Waals surface area contributed by atoms with E-state index in [4.69, 9.17) is 12.2 Å². The summed E-state index contributed by atoms with van der Waals surface area (Å²) in [6.07, 6.45) is 5.35. The molecule has 0 bridgehead atoms. The zero-order chi connectivity index (χ0) is 15.5. The minimum Gasteiger partial charge on any atom is -0.469 e. The number of unbranched alkanes of at least 4 members (excludes halogenated alkanes) is 2. The van der Waals surface area contributed by atoms with E-state index in [1.807, 2.05) is 12.1 Å². The molecule has 0 fully saturated rings. The van der Waals surface area contributed by atoms with E-state index in [0.29, 0.717) is 11.5 Å². The van der Waals surface area contributed by atoms with Crippen molar-refractivity contribution < 1.29 is 9.53 Å². The molecule has 1 aromatic rings. The van der Waals surface area contributed by atoms with Gasteiger partial charge in [-0.2, -0.15) is 0 Å². The first-order valence-corrected chi connectivity index (χ1v) is 8.54. The summed E-state index contributed by atoms with van der Waals surface area (Å²) in [6, 6.07) is 8.14. The number of carbonyl (C=O) groups is 1. The lowest BCUT2D eigenvalue weighted by Gasteiger charge is -2.10. The maximum atomic E-state index is 10.9. The average Bonchev–Trinajstić information content (AvgIpc) is 2.51. The van der Waals surface area contributed by atoms with Crippen LogP contribution in [0.4, 0.5) is 5.69 Å². The van der Waals surface area contributed by atoms with Crippen molar-refractivity contribution in [2.75, 3.05) is 25.2 Å². The normalized spacial score (nSPS) is 10.0. The quantitative estimate of drug-likeness (QED) is 0.330. The second-order valence-electron chi connectivity index (χ2n) is 4.50. The summed E-state index contributed by atoms with van der Waals surface area (Å²) in [6.45, 7) is 0.801. The molecule has 1 aromatic carbocycles. The Morgan fingerprint density at radius 1 is 1.24 bits per heavy atom.